The Morgan fingerprint density at radius 3 is 2.88 bits per heavy atom. The molecule has 1 N–H and O–H groups in total. The molecule has 0 aromatic carbocycles. The number of hydrogen-bond donors (Lipinski definition) is 1. The predicted octanol–water partition coefficient (Wildman–Crippen LogP) is 2.48. The van der Waals surface area contributed by atoms with Crippen LogP contribution in [0, 0.1) is 13.8 Å². The molecule has 3 aromatic heterocycles. The molecule has 0 fully saturated rings. The number of thiazole rings is 1. The van der Waals surface area contributed by atoms with Gasteiger partial charge in [0.2, 0.25) is 0 Å². The smallest absolute Gasteiger partial charge is 0.266 e. The van der Waals surface area contributed by atoms with Crippen molar-refractivity contribution in [2.24, 2.45) is 0 Å². The lowest BCUT2D eigenvalue weighted by Gasteiger charge is -2.06. The minimum atomic E-state index is -0.177. The third kappa shape index (κ3) is 3.60. The molecular weight excluding hydrogens is 344 g/mol. The van der Waals surface area contributed by atoms with Crippen LogP contribution in [0.1, 0.15) is 21.1 Å². The predicted molar refractivity (Wildman–Crippen MR) is 95.7 cm³/mol. The van der Waals surface area contributed by atoms with Gasteiger partial charge in [-0.15, -0.1) is 22.7 Å². The molecule has 0 saturated heterocycles. The van der Waals surface area contributed by atoms with Crippen LogP contribution >= 0.6 is 22.7 Å². The summed E-state index contributed by atoms with van der Waals surface area (Å²) < 4.78 is 1.35. The van der Waals surface area contributed by atoms with Gasteiger partial charge in [-0.25, -0.2) is 9.67 Å². The van der Waals surface area contributed by atoms with E-state index in [4.69, 9.17) is 0 Å². The van der Waals surface area contributed by atoms with Gasteiger partial charge in [-0.1, -0.05) is 6.07 Å². The second-order valence-corrected chi connectivity index (χ2v) is 7.15. The van der Waals surface area contributed by atoms with E-state index in [1.54, 1.807) is 17.4 Å². The zero-order chi connectivity index (χ0) is 17.1. The van der Waals surface area contributed by atoms with E-state index in [0.29, 0.717) is 23.7 Å². The summed E-state index contributed by atoms with van der Waals surface area (Å²) in [5.41, 5.74) is 1.30. The average Bonchev–Trinajstić information content (AvgIpc) is 3.20. The summed E-state index contributed by atoms with van der Waals surface area (Å²) in [7, 11) is 0. The van der Waals surface area contributed by atoms with Gasteiger partial charge in [0.25, 0.3) is 11.5 Å². The van der Waals surface area contributed by atoms with E-state index in [1.165, 1.54) is 22.1 Å². The van der Waals surface area contributed by atoms with E-state index in [0.717, 1.165) is 15.6 Å². The van der Waals surface area contributed by atoms with Gasteiger partial charge in [0.1, 0.15) is 9.88 Å². The molecule has 0 aliphatic carbocycles. The van der Waals surface area contributed by atoms with Crippen molar-refractivity contribution >= 4 is 28.6 Å². The second-order valence-electron chi connectivity index (χ2n) is 5.20. The van der Waals surface area contributed by atoms with Gasteiger partial charge in [0.05, 0.1) is 22.8 Å². The first kappa shape index (κ1) is 16.5. The highest BCUT2D eigenvalue weighted by Crippen LogP contribution is 2.30. The first-order chi connectivity index (χ1) is 11.5. The number of hydrogen-bond acceptors (Lipinski definition) is 6. The van der Waals surface area contributed by atoms with E-state index < -0.39 is 0 Å². The molecule has 8 heteroatoms. The van der Waals surface area contributed by atoms with Gasteiger partial charge in [-0.3, -0.25) is 9.59 Å². The molecule has 3 heterocycles. The number of carbonyl (C=O) groups is 1. The minimum absolute atomic E-state index is 0.173. The van der Waals surface area contributed by atoms with Crippen LogP contribution in [-0.2, 0) is 6.54 Å². The quantitative estimate of drug-likeness (QED) is 0.758. The number of rotatable bonds is 5. The van der Waals surface area contributed by atoms with Crippen molar-refractivity contribution < 1.29 is 4.79 Å². The lowest BCUT2D eigenvalue weighted by molar-refractivity contribution is 0.0955. The molecule has 0 bridgehead atoms. The van der Waals surface area contributed by atoms with Crippen LogP contribution in [0.25, 0.3) is 9.88 Å². The standard InChI is InChI=1S/C16H16N4O2S2/c1-10-5-6-13(21)20(19-10)8-7-17-15(22)14-11(2)18-16(24-14)12-4-3-9-23-12/h3-6,9H,7-8H2,1-2H3,(H,17,22). The monoisotopic (exact) mass is 360 g/mol. The van der Waals surface area contributed by atoms with Crippen LogP contribution in [0.4, 0.5) is 0 Å². The van der Waals surface area contributed by atoms with Crippen molar-refractivity contribution in [1.29, 1.82) is 0 Å². The zero-order valence-electron chi connectivity index (χ0n) is 13.3. The highest BCUT2D eigenvalue weighted by Gasteiger charge is 2.16. The highest BCUT2D eigenvalue weighted by molar-refractivity contribution is 7.22. The summed E-state index contributed by atoms with van der Waals surface area (Å²) in [5, 5.41) is 9.81. The molecular formula is C16H16N4O2S2. The van der Waals surface area contributed by atoms with Gasteiger partial charge in [0, 0.05) is 12.6 Å². The van der Waals surface area contributed by atoms with E-state index in [2.05, 4.69) is 15.4 Å². The van der Waals surface area contributed by atoms with E-state index >= 15 is 0 Å². The third-order valence-corrected chi connectivity index (χ3v) is 5.54. The van der Waals surface area contributed by atoms with Gasteiger partial charge in [-0.05, 0) is 31.4 Å². The number of amides is 1. The van der Waals surface area contributed by atoms with Crippen molar-refractivity contribution in [3.63, 3.8) is 0 Å². The first-order valence-electron chi connectivity index (χ1n) is 7.39. The molecule has 124 valence electrons. The number of nitrogens with one attached hydrogen (secondary N) is 1. The van der Waals surface area contributed by atoms with E-state index in [9.17, 15) is 9.59 Å². The van der Waals surface area contributed by atoms with Crippen LogP contribution in [0.5, 0.6) is 0 Å². The summed E-state index contributed by atoms with van der Waals surface area (Å²) >= 11 is 2.98. The maximum absolute atomic E-state index is 12.3. The zero-order valence-corrected chi connectivity index (χ0v) is 14.9. The summed E-state index contributed by atoms with van der Waals surface area (Å²) in [6.45, 7) is 4.32. The first-order valence-corrected chi connectivity index (χ1v) is 9.08. The van der Waals surface area contributed by atoms with Gasteiger partial charge in [-0.2, -0.15) is 5.10 Å². The molecule has 0 aliphatic heterocycles. The molecule has 6 nitrogen and oxygen atoms in total. The van der Waals surface area contributed by atoms with E-state index in [1.807, 2.05) is 31.4 Å². The van der Waals surface area contributed by atoms with Crippen LogP contribution in [-0.4, -0.2) is 27.2 Å². The molecule has 0 unspecified atom stereocenters. The van der Waals surface area contributed by atoms with Crippen molar-refractivity contribution in [3.8, 4) is 9.88 Å². The Morgan fingerprint density at radius 2 is 2.12 bits per heavy atom. The van der Waals surface area contributed by atoms with Gasteiger partial charge >= 0.3 is 0 Å². The Balaban J connectivity index is 1.65. The van der Waals surface area contributed by atoms with Crippen LogP contribution in [0.3, 0.4) is 0 Å². The molecule has 1 amide bonds. The van der Waals surface area contributed by atoms with Crippen LogP contribution in [0.2, 0.25) is 0 Å². The Hall–Kier alpha value is -2.32. The lowest BCUT2D eigenvalue weighted by Crippen LogP contribution is -2.31. The normalized spacial score (nSPS) is 10.8. The topological polar surface area (TPSA) is 76.9 Å². The summed E-state index contributed by atoms with van der Waals surface area (Å²) in [4.78, 5) is 30.2. The molecule has 3 rings (SSSR count). The van der Waals surface area contributed by atoms with Crippen LogP contribution in [0.15, 0.2) is 34.4 Å². The Morgan fingerprint density at radius 1 is 1.29 bits per heavy atom. The largest absolute Gasteiger partial charge is 0.349 e. The summed E-state index contributed by atoms with van der Waals surface area (Å²) in [6.07, 6.45) is 0. The number of thiophene rings is 1. The molecule has 0 atom stereocenters. The van der Waals surface area contributed by atoms with Gasteiger partial charge in [0.15, 0.2) is 0 Å². The fraction of sp³-hybridized carbons (Fsp3) is 0.250. The molecule has 0 aliphatic rings. The Bertz CT molecular complexity index is 913. The lowest BCUT2D eigenvalue weighted by atomic mass is 10.3. The SMILES string of the molecule is Cc1ccc(=O)n(CCNC(=O)c2sc(-c3cccs3)nc2C)n1. The fourth-order valence-corrected chi connectivity index (χ4v) is 3.96. The Kier molecular flexibility index (Phi) is 4.86. The number of nitrogens with zero attached hydrogens (tertiary/aromatic N) is 3. The van der Waals surface area contributed by atoms with Crippen LogP contribution < -0.4 is 10.9 Å². The van der Waals surface area contributed by atoms with E-state index in [-0.39, 0.29) is 11.5 Å². The summed E-state index contributed by atoms with van der Waals surface area (Å²) in [6, 6.07) is 7.10. The molecule has 0 radical (unpaired) electrons. The Labute approximate surface area is 146 Å². The van der Waals surface area contributed by atoms with Crippen molar-refractivity contribution in [3.05, 3.63) is 56.3 Å². The number of carbonyl (C=O) groups excluding carboxylic acids is 1. The molecule has 3 aromatic rings. The molecule has 0 spiro atoms. The molecule has 0 saturated carbocycles. The maximum atomic E-state index is 12.3. The fourth-order valence-electron chi connectivity index (χ4n) is 2.18. The van der Waals surface area contributed by atoms with Gasteiger partial charge < -0.3 is 5.32 Å². The number of aryl methyl sites for hydroxylation is 2. The maximum Gasteiger partial charge on any atom is 0.266 e. The summed E-state index contributed by atoms with van der Waals surface area (Å²) in [5.74, 6) is -0.173. The van der Waals surface area contributed by atoms with Crippen molar-refractivity contribution in [2.75, 3.05) is 6.54 Å². The molecule has 24 heavy (non-hydrogen) atoms. The average molecular weight is 360 g/mol. The highest BCUT2D eigenvalue weighted by atomic mass is 32.1. The second kappa shape index (κ2) is 7.06. The third-order valence-electron chi connectivity index (χ3n) is 3.34. The van der Waals surface area contributed by atoms with Crippen molar-refractivity contribution in [2.45, 2.75) is 20.4 Å². The minimum Gasteiger partial charge on any atom is -0.349 e. The number of aromatic nitrogens is 3. The van der Waals surface area contributed by atoms with Crippen molar-refractivity contribution in [1.82, 2.24) is 20.1 Å².